The number of nitrogens with zero attached hydrogens (tertiary/aromatic N) is 1. The number of carbonyl (C=O) groups is 1. The maximum atomic E-state index is 12.1. The van der Waals surface area contributed by atoms with Crippen molar-refractivity contribution in [1.29, 1.82) is 0 Å². The van der Waals surface area contributed by atoms with Gasteiger partial charge in [-0.2, -0.15) is 0 Å². The maximum Gasteiger partial charge on any atom is 0.223 e. The Bertz CT molecular complexity index is 916. The van der Waals surface area contributed by atoms with E-state index in [0.29, 0.717) is 29.8 Å². The van der Waals surface area contributed by atoms with E-state index < -0.39 is 0 Å². The Morgan fingerprint density at radius 2 is 2.27 bits per heavy atom. The number of amides is 1. The van der Waals surface area contributed by atoms with Crippen molar-refractivity contribution < 1.29 is 9.53 Å². The topological polar surface area (TPSA) is 67.0 Å². The van der Waals surface area contributed by atoms with E-state index >= 15 is 0 Å². The Hall–Kier alpha value is -2.05. The summed E-state index contributed by atoms with van der Waals surface area (Å²) in [5, 5.41) is 6.52. The number of aromatic nitrogens is 2. The van der Waals surface area contributed by atoms with Crippen LogP contribution in [-0.2, 0) is 17.9 Å². The summed E-state index contributed by atoms with van der Waals surface area (Å²) < 4.78 is 5.78. The van der Waals surface area contributed by atoms with Gasteiger partial charge in [0.05, 0.1) is 22.8 Å². The van der Waals surface area contributed by atoms with Gasteiger partial charge >= 0.3 is 0 Å². The molecule has 3 aromatic rings. The molecule has 1 saturated carbocycles. The van der Waals surface area contributed by atoms with Gasteiger partial charge in [-0.05, 0) is 30.9 Å². The van der Waals surface area contributed by atoms with Crippen LogP contribution < -0.4 is 10.1 Å². The molecule has 0 spiro atoms. The number of hydrogen-bond acceptors (Lipinski definition) is 4. The van der Waals surface area contributed by atoms with E-state index in [2.05, 4.69) is 22.2 Å². The van der Waals surface area contributed by atoms with Gasteiger partial charge in [-0.15, -0.1) is 11.3 Å². The Kier molecular flexibility index (Phi) is 4.87. The average molecular weight is 390 g/mol. The highest BCUT2D eigenvalue weighted by Crippen LogP contribution is 2.33. The molecule has 2 heterocycles. The molecule has 1 aromatic carbocycles. The minimum Gasteiger partial charge on any atom is -0.486 e. The lowest BCUT2D eigenvalue weighted by molar-refractivity contribution is -0.129. The lowest BCUT2D eigenvalue weighted by Crippen LogP contribution is -2.37. The Morgan fingerprint density at radius 1 is 1.42 bits per heavy atom. The summed E-state index contributed by atoms with van der Waals surface area (Å²) in [5.74, 6) is 1.61. The van der Waals surface area contributed by atoms with Gasteiger partial charge in [0.2, 0.25) is 5.91 Å². The molecular weight excluding hydrogens is 370 g/mol. The molecule has 1 fully saturated rings. The second-order valence-corrected chi connectivity index (χ2v) is 8.05. The van der Waals surface area contributed by atoms with Crippen molar-refractivity contribution in [3.05, 3.63) is 45.5 Å². The monoisotopic (exact) mass is 389 g/mol. The van der Waals surface area contributed by atoms with Crippen LogP contribution in [0.5, 0.6) is 5.75 Å². The number of halogens is 1. The zero-order chi connectivity index (χ0) is 18.1. The smallest absolute Gasteiger partial charge is 0.223 e. The maximum absolute atomic E-state index is 12.1. The van der Waals surface area contributed by atoms with E-state index in [1.165, 1.54) is 11.3 Å². The first-order chi connectivity index (χ1) is 12.6. The molecule has 2 N–H and O–H groups in total. The van der Waals surface area contributed by atoms with E-state index in [0.717, 1.165) is 35.1 Å². The molecule has 0 bridgehead atoms. The summed E-state index contributed by atoms with van der Waals surface area (Å²) in [5.41, 5.74) is 4.54. The number of aromatic amines is 1. The molecule has 4 rings (SSSR count). The molecule has 0 radical (unpaired) electrons. The molecule has 1 amide bonds. The van der Waals surface area contributed by atoms with Gasteiger partial charge in [-0.1, -0.05) is 18.5 Å². The third-order valence-corrected chi connectivity index (χ3v) is 5.72. The number of nitrogens with one attached hydrogen (secondary N) is 2. The van der Waals surface area contributed by atoms with Gasteiger partial charge in [0, 0.05) is 34.0 Å². The fraction of sp³-hybridized carbons (Fsp3) is 0.368. The lowest BCUT2D eigenvalue weighted by atomic mass is 9.76. The largest absolute Gasteiger partial charge is 0.486 e. The standard InChI is InChI=1S/C19H20ClN3O2S/c1-11-2-13(3-11)19(24)21-7-14-4-12-5-16(20)18(6-17(12)23-14)25-8-15-9-26-10-22-15/h4-6,9-11,13,23H,2-3,7-8H2,1H3,(H,21,24). The van der Waals surface area contributed by atoms with E-state index in [4.69, 9.17) is 16.3 Å². The van der Waals surface area contributed by atoms with Crippen molar-refractivity contribution in [2.45, 2.75) is 32.9 Å². The highest BCUT2D eigenvalue weighted by molar-refractivity contribution is 7.07. The first-order valence-electron chi connectivity index (χ1n) is 8.67. The van der Waals surface area contributed by atoms with Crippen molar-refractivity contribution in [1.82, 2.24) is 15.3 Å². The van der Waals surface area contributed by atoms with Crippen LogP contribution in [0.2, 0.25) is 5.02 Å². The molecule has 1 aliphatic carbocycles. The van der Waals surface area contributed by atoms with E-state index in [-0.39, 0.29) is 11.8 Å². The van der Waals surface area contributed by atoms with Crippen LogP contribution in [0.3, 0.4) is 0 Å². The summed E-state index contributed by atoms with van der Waals surface area (Å²) in [6.45, 7) is 3.06. The van der Waals surface area contributed by atoms with Gasteiger partial charge in [0.15, 0.2) is 0 Å². The highest BCUT2D eigenvalue weighted by Gasteiger charge is 2.31. The average Bonchev–Trinajstić information content (AvgIpc) is 3.23. The molecule has 136 valence electrons. The normalized spacial score (nSPS) is 19.3. The van der Waals surface area contributed by atoms with Gasteiger partial charge in [-0.25, -0.2) is 4.98 Å². The van der Waals surface area contributed by atoms with Crippen LogP contribution in [-0.4, -0.2) is 15.9 Å². The molecule has 7 heteroatoms. The first-order valence-corrected chi connectivity index (χ1v) is 9.99. The molecule has 0 atom stereocenters. The molecule has 2 aromatic heterocycles. The number of carbonyl (C=O) groups excluding carboxylic acids is 1. The molecule has 5 nitrogen and oxygen atoms in total. The van der Waals surface area contributed by atoms with E-state index in [1.807, 2.05) is 23.6 Å². The summed E-state index contributed by atoms with van der Waals surface area (Å²) in [4.78, 5) is 19.6. The minimum absolute atomic E-state index is 0.145. The zero-order valence-electron chi connectivity index (χ0n) is 14.4. The number of hydrogen-bond donors (Lipinski definition) is 2. The highest BCUT2D eigenvalue weighted by atomic mass is 35.5. The van der Waals surface area contributed by atoms with Crippen LogP contribution in [0.1, 0.15) is 31.2 Å². The molecule has 26 heavy (non-hydrogen) atoms. The summed E-state index contributed by atoms with van der Waals surface area (Å²) in [7, 11) is 0. The van der Waals surface area contributed by atoms with Crippen LogP contribution in [0.25, 0.3) is 10.9 Å². The van der Waals surface area contributed by atoms with Gasteiger partial charge in [0.1, 0.15) is 12.4 Å². The summed E-state index contributed by atoms with van der Waals surface area (Å²) >= 11 is 7.87. The molecule has 0 saturated heterocycles. The number of ether oxygens (including phenoxy) is 1. The van der Waals surface area contributed by atoms with Crippen molar-refractivity contribution >= 4 is 39.7 Å². The second kappa shape index (κ2) is 7.29. The molecular formula is C19H20ClN3O2S. The lowest BCUT2D eigenvalue weighted by Gasteiger charge is -2.31. The predicted molar refractivity (Wildman–Crippen MR) is 103 cm³/mol. The van der Waals surface area contributed by atoms with E-state index in [9.17, 15) is 4.79 Å². The third kappa shape index (κ3) is 3.71. The van der Waals surface area contributed by atoms with E-state index in [1.54, 1.807) is 5.51 Å². The fourth-order valence-electron chi connectivity index (χ4n) is 3.30. The van der Waals surface area contributed by atoms with Crippen molar-refractivity contribution in [3.63, 3.8) is 0 Å². The number of rotatable bonds is 6. The Morgan fingerprint density at radius 3 is 3.00 bits per heavy atom. The fourth-order valence-corrected chi connectivity index (χ4v) is 4.07. The number of H-pyrrole nitrogens is 1. The Balaban J connectivity index is 1.42. The van der Waals surface area contributed by atoms with Crippen LogP contribution in [0, 0.1) is 11.8 Å². The zero-order valence-corrected chi connectivity index (χ0v) is 16.0. The summed E-state index contributed by atoms with van der Waals surface area (Å²) in [6.07, 6.45) is 1.99. The van der Waals surface area contributed by atoms with Crippen LogP contribution >= 0.6 is 22.9 Å². The number of thiazole rings is 1. The first kappa shape index (κ1) is 17.4. The quantitative estimate of drug-likeness (QED) is 0.651. The van der Waals surface area contributed by atoms with Gasteiger partial charge < -0.3 is 15.0 Å². The molecule has 1 aliphatic rings. The number of benzene rings is 1. The second-order valence-electron chi connectivity index (χ2n) is 6.92. The third-order valence-electron chi connectivity index (χ3n) is 4.79. The van der Waals surface area contributed by atoms with Gasteiger partial charge in [-0.3, -0.25) is 4.79 Å². The van der Waals surface area contributed by atoms with Crippen LogP contribution in [0.15, 0.2) is 29.1 Å². The molecule has 0 unspecified atom stereocenters. The summed E-state index contributed by atoms with van der Waals surface area (Å²) in [6, 6.07) is 5.78. The van der Waals surface area contributed by atoms with Crippen molar-refractivity contribution in [2.24, 2.45) is 11.8 Å². The number of fused-ring (bicyclic) bond motifs is 1. The van der Waals surface area contributed by atoms with Crippen molar-refractivity contribution in [3.8, 4) is 5.75 Å². The van der Waals surface area contributed by atoms with Crippen LogP contribution in [0.4, 0.5) is 0 Å². The SMILES string of the molecule is CC1CC(C(=O)NCc2cc3cc(Cl)c(OCc4cscn4)cc3[nH]2)C1. The van der Waals surface area contributed by atoms with Gasteiger partial charge in [0.25, 0.3) is 0 Å². The Labute approximate surface area is 160 Å². The van der Waals surface area contributed by atoms with Crippen molar-refractivity contribution in [2.75, 3.05) is 0 Å². The predicted octanol–water partition coefficient (Wildman–Crippen LogP) is 4.52. The minimum atomic E-state index is 0.145. The molecule has 0 aliphatic heterocycles.